The molecule has 3 aliphatic rings. The summed E-state index contributed by atoms with van der Waals surface area (Å²) in [6, 6.07) is 5.81. The number of carbonyl (C=O) groups is 2. The van der Waals surface area contributed by atoms with E-state index in [0.29, 0.717) is 31.2 Å². The smallest absolute Gasteiger partial charge is 0.310 e. The lowest BCUT2D eigenvalue weighted by molar-refractivity contribution is -0.149. The van der Waals surface area contributed by atoms with E-state index in [0.717, 1.165) is 11.3 Å². The number of piperazine rings is 1. The van der Waals surface area contributed by atoms with E-state index in [-0.39, 0.29) is 5.91 Å². The molecule has 0 saturated carbocycles. The molecule has 0 aromatic heterocycles. The summed E-state index contributed by atoms with van der Waals surface area (Å²) < 4.78 is 5.63. The average molecular weight is 377 g/mol. The van der Waals surface area contributed by atoms with E-state index in [1.54, 1.807) is 11.0 Å². The van der Waals surface area contributed by atoms with E-state index in [9.17, 15) is 14.7 Å². The van der Waals surface area contributed by atoms with Crippen molar-refractivity contribution in [2.75, 3.05) is 31.1 Å². The summed E-state index contributed by atoms with van der Waals surface area (Å²) in [7, 11) is 0. The van der Waals surface area contributed by atoms with Gasteiger partial charge in [0, 0.05) is 36.9 Å². The van der Waals surface area contributed by atoms with E-state index >= 15 is 0 Å². The summed E-state index contributed by atoms with van der Waals surface area (Å²) in [6.45, 7) is 4.56. The van der Waals surface area contributed by atoms with Gasteiger partial charge < -0.3 is 19.6 Å². The molecule has 1 N–H and O–H groups in total. The van der Waals surface area contributed by atoms with Gasteiger partial charge in [-0.15, -0.1) is 0 Å². The monoisotopic (exact) mass is 376 g/mol. The highest BCUT2D eigenvalue weighted by molar-refractivity contribution is 6.30. The van der Waals surface area contributed by atoms with Crippen molar-refractivity contribution in [2.24, 2.45) is 11.8 Å². The van der Waals surface area contributed by atoms with Crippen LogP contribution in [0, 0.1) is 18.8 Å². The van der Waals surface area contributed by atoms with E-state index < -0.39 is 30.0 Å². The van der Waals surface area contributed by atoms with E-state index in [2.05, 4.69) is 4.90 Å². The van der Waals surface area contributed by atoms with Gasteiger partial charge in [-0.05, 0) is 24.6 Å². The molecule has 4 rings (SSSR count). The predicted octanol–water partition coefficient (Wildman–Crippen LogP) is 1.95. The first-order chi connectivity index (χ1) is 12.5. The molecule has 3 heterocycles. The Morgan fingerprint density at radius 3 is 2.42 bits per heavy atom. The van der Waals surface area contributed by atoms with Crippen molar-refractivity contribution in [1.82, 2.24) is 4.90 Å². The van der Waals surface area contributed by atoms with Crippen LogP contribution in [0.5, 0.6) is 0 Å². The molecule has 0 radical (unpaired) electrons. The minimum absolute atomic E-state index is 0.114. The Morgan fingerprint density at radius 1 is 1.12 bits per heavy atom. The summed E-state index contributed by atoms with van der Waals surface area (Å²) in [6.07, 6.45) is 2.68. The Morgan fingerprint density at radius 2 is 1.77 bits per heavy atom. The second-order valence-corrected chi connectivity index (χ2v) is 7.52. The molecular formula is C19H21ClN2O4. The number of benzene rings is 1. The Hall–Kier alpha value is -2.05. The molecule has 1 aromatic rings. The fraction of sp³-hybridized carbons (Fsp3) is 0.474. The van der Waals surface area contributed by atoms with Gasteiger partial charge in [-0.2, -0.15) is 0 Å². The fourth-order valence-corrected chi connectivity index (χ4v) is 4.36. The average Bonchev–Trinajstić information content (AvgIpc) is 3.24. The number of fused-ring (bicyclic) bond motifs is 2. The normalized spacial score (nSPS) is 30.1. The third-order valence-electron chi connectivity index (χ3n) is 5.57. The van der Waals surface area contributed by atoms with Crippen LogP contribution in [-0.2, 0) is 14.3 Å². The summed E-state index contributed by atoms with van der Waals surface area (Å²) in [5, 5.41) is 10.2. The number of aliphatic carboxylic acids is 1. The standard InChI is InChI=1S/C19H21ClN2O4/c1-11-2-3-12(20)10-13(11)21-6-8-22(9-7-21)18(23)16-14-4-5-15(26-14)17(16)19(24)25/h2-5,10,14-17H,6-9H2,1H3,(H,24,25). The van der Waals surface area contributed by atoms with Gasteiger partial charge in [-0.25, -0.2) is 0 Å². The Labute approximate surface area is 157 Å². The highest BCUT2D eigenvalue weighted by atomic mass is 35.5. The highest BCUT2D eigenvalue weighted by Gasteiger charge is 2.54. The van der Waals surface area contributed by atoms with Crippen molar-refractivity contribution in [2.45, 2.75) is 19.1 Å². The zero-order valence-corrected chi connectivity index (χ0v) is 15.2. The molecule has 0 aliphatic carbocycles. The number of anilines is 1. The maximum Gasteiger partial charge on any atom is 0.310 e. The first kappa shape index (κ1) is 17.4. The molecule has 6 nitrogen and oxygen atoms in total. The molecule has 4 atom stereocenters. The van der Waals surface area contributed by atoms with Crippen molar-refractivity contribution in [3.8, 4) is 0 Å². The Kier molecular flexibility index (Phi) is 4.40. The number of amides is 1. The first-order valence-electron chi connectivity index (χ1n) is 8.82. The van der Waals surface area contributed by atoms with Gasteiger partial charge in [0.05, 0.1) is 18.1 Å². The Balaban J connectivity index is 1.45. The minimum atomic E-state index is -0.964. The van der Waals surface area contributed by atoms with Crippen LogP contribution in [-0.4, -0.2) is 60.3 Å². The number of rotatable bonds is 3. The van der Waals surface area contributed by atoms with Gasteiger partial charge in [-0.1, -0.05) is 29.8 Å². The summed E-state index contributed by atoms with van der Waals surface area (Å²) >= 11 is 6.12. The van der Waals surface area contributed by atoms with Crippen molar-refractivity contribution in [3.05, 3.63) is 40.9 Å². The maximum absolute atomic E-state index is 13.0. The number of aryl methyl sites for hydroxylation is 1. The van der Waals surface area contributed by atoms with Crippen LogP contribution in [0.3, 0.4) is 0 Å². The molecule has 3 aliphatic heterocycles. The summed E-state index contributed by atoms with van der Waals surface area (Å²) in [4.78, 5) is 28.6. The van der Waals surface area contributed by atoms with E-state index in [1.165, 1.54) is 0 Å². The number of hydrogen-bond donors (Lipinski definition) is 1. The number of carboxylic acid groups (broad SMARTS) is 1. The highest BCUT2D eigenvalue weighted by Crippen LogP contribution is 2.40. The minimum Gasteiger partial charge on any atom is -0.481 e. The van der Waals surface area contributed by atoms with Crippen LogP contribution in [0.15, 0.2) is 30.4 Å². The van der Waals surface area contributed by atoms with E-state index in [1.807, 2.05) is 31.2 Å². The van der Waals surface area contributed by atoms with Crippen molar-refractivity contribution in [1.29, 1.82) is 0 Å². The van der Waals surface area contributed by atoms with Crippen LogP contribution in [0.2, 0.25) is 5.02 Å². The molecule has 7 heteroatoms. The molecule has 26 heavy (non-hydrogen) atoms. The number of carboxylic acids is 1. The number of halogens is 1. The molecule has 2 bridgehead atoms. The number of carbonyl (C=O) groups excluding carboxylic acids is 1. The quantitative estimate of drug-likeness (QED) is 0.816. The van der Waals surface area contributed by atoms with Gasteiger partial charge in [0.1, 0.15) is 5.92 Å². The molecular weight excluding hydrogens is 356 g/mol. The maximum atomic E-state index is 13.0. The lowest BCUT2D eigenvalue weighted by atomic mass is 9.82. The largest absolute Gasteiger partial charge is 0.481 e. The van der Waals surface area contributed by atoms with Crippen LogP contribution in [0.4, 0.5) is 5.69 Å². The predicted molar refractivity (Wildman–Crippen MR) is 97.4 cm³/mol. The van der Waals surface area contributed by atoms with Crippen molar-refractivity contribution in [3.63, 3.8) is 0 Å². The van der Waals surface area contributed by atoms with Crippen LogP contribution >= 0.6 is 11.6 Å². The summed E-state index contributed by atoms with van der Waals surface area (Å²) in [5.74, 6) is -2.49. The van der Waals surface area contributed by atoms with E-state index in [4.69, 9.17) is 16.3 Å². The van der Waals surface area contributed by atoms with Gasteiger partial charge in [-0.3, -0.25) is 9.59 Å². The second kappa shape index (κ2) is 6.59. The van der Waals surface area contributed by atoms with Gasteiger partial charge in [0.15, 0.2) is 0 Å². The van der Waals surface area contributed by atoms with Crippen LogP contribution in [0.1, 0.15) is 5.56 Å². The van der Waals surface area contributed by atoms with Gasteiger partial charge in [0.2, 0.25) is 5.91 Å². The number of hydrogen-bond acceptors (Lipinski definition) is 4. The zero-order valence-electron chi connectivity index (χ0n) is 14.5. The number of nitrogens with zero attached hydrogens (tertiary/aromatic N) is 2. The Bertz CT molecular complexity index is 773. The van der Waals surface area contributed by atoms with Crippen LogP contribution < -0.4 is 4.90 Å². The fourth-order valence-electron chi connectivity index (χ4n) is 4.20. The van der Waals surface area contributed by atoms with Gasteiger partial charge in [0.25, 0.3) is 0 Å². The SMILES string of the molecule is Cc1ccc(Cl)cc1N1CCN(C(=O)C2C3C=CC(O3)C2C(=O)O)CC1. The molecule has 1 aromatic carbocycles. The van der Waals surface area contributed by atoms with Gasteiger partial charge >= 0.3 is 5.97 Å². The number of ether oxygens (including phenoxy) is 1. The first-order valence-corrected chi connectivity index (χ1v) is 9.20. The molecule has 2 saturated heterocycles. The lowest BCUT2D eigenvalue weighted by Gasteiger charge is -2.38. The topological polar surface area (TPSA) is 70.1 Å². The molecule has 0 spiro atoms. The summed E-state index contributed by atoms with van der Waals surface area (Å²) in [5.41, 5.74) is 2.23. The molecule has 1 amide bonds. The molecule has 138 valence electrons. The molecule has 4 unspecified atom stereocenters. The van der Waals surface area contributed by atoms with Crippen molar-refractivity contribution < 1.29 is 19.4 Å². The van der Waals surface area contributed by atoms with Crippen LogP contribution in [0.25, 0.3) is 0 Å². The lowest BCUT2D eigenvalue weighted by Crippen LogP contribution is -2.53. The zero-order chi connectivity index (χ0) is 18.4. The third kappa shape index (κ3) is 2.87. The second-order valence-electron chi connectivity index (χ2n) is 7.08. The molecule has 2 fully saturated rings. The third-order valence-corrected chi connectivity index (χ3v) is 5.81. The van der Waals surface area contributed by atoms with Crippen molar-refractivity contribution >= 4 is 29.2 Å².